The topological polar surface area (TPSA) is 86.8 Å². The number of halogens is 2. The normalized spacial score (nSPS) is 12.4. The Morgan fingerprint density at radius 3 is 2.22 bits per heavy atom. The Morgan fingerprint density at radius 1 is 1.00 bits per heavy atom. The molecular formula is C27H37Cl2N3O4S. The van der Waals surface area contributed by atoms with Crippen LogP contribution < -0.4 is 9.62 Å². The molecule has 0 heterocycles. The Balaban J connectivity index is 2.26. The summed E-state index contributed by atoms with van der Waals surface area (Å²) in [5.74, 6) is -0.482. The van der Waals surface area contributed by atoms with Crippen molar-refractivity contribution in [2.75, 3.05) is 17.1 Å². The van der Waals surface area contributed by atoms with Crippen molar-refractivity contribution in [1.29, 1.82) is 0 Å². The minimum absolute atomic E-state index is 0.0731. The van der Waals surface area contributed by atoms with Crippen LogP contribution in [0.1, 0.15) is 56.7 Å². The first-order chi connectivity index (χ1) is 17.2. The molecule has 0 aliphatic carbocycles. The minimum atomic E-state index is -3.55. The SMILES string of the molecule is CC[C@@H](C(=O)NC(C)C)N(Cc1ccc(Cl)c(Cl)c1)C(=O)CCCN(c1ccc(C)c(C)c1)S(C)(=O)=O. The molecular weight excluding hydrogens is 533 g/mol. The van der Waals surface area contributed by atoms with Crippen LogP contribution in [0.25, 0.3) is 0 Å². The van der Waals surface area contributed by atoms with Crippen molar-refractivity contribution in [2.45, 2.75) is 72.5 Å². The molecule has 10 heteroatoms. The van der Waals surface area contributed by atoms with Gasteiger partial charge in [0, 0.05) is 25.6 Å². The first-order valence-electron chi connectivity index (χ1n) is 12.3. The Bertz CT molecular complexity index is 1220. The Hall–Kier alpha value is -2.29. The third kappa shape index (κ3) is 8.90. The predicted octanol–water partition coefficient (Wildman–Crippen LogP) is 5.49. The van der Waals surface area contributed by atoms with Gasteiger partial charge in [0.15, 0.2) is 0 Å². The second-order valence-electron chi connectivity index (χ2n) is 9.56. The predicted molar refractivity (Wildman–Crippen MR) is 152 cm³/mol. The summed E-state index contributed by atoms with van der Waals surface area (Å²) in [4.78, 5) is 28.0. The van der Waals surface area contributed by atoms with Crippen LogP contribution in [0.15, 0.2) is 36.4 Å². The van der Waals surface area contributed by atoms with E-state index in [-0.39, 0.29) is 37.4 Å². The molecule has 0 saturated carbocycles. The van der Waals surface area contributed by atoms with Gasteiger partial charge in [0.1, 0.15) is 6.04 Å². The van der Waals surface area contributed by atoms with Gasteiger partial charge in [0.05, 0.1) is 22.0 Å². The molecule has 0 fully saturated rings. The summed E-state index contributed by atoms with van der Waals surface area (Å²) < 4.78 is 26.4. The summed E-state index contributed by atoms with van der Waals surface area (Å²) in [6.07, 6.45) is 1.94. The molecule has 0 radical (unpaired) electrons. The van der Waals surface area contributed by atoms with Crippen LogP contribution in [0, 0.1) is 13.8 Å². The Labute approximate surface area is 231 Å². The number of sulfonamides is 1. The number of hydrogen-bond donors (Lipinski definition) is 1. The second kappa shape index (κ2) is 13.5. The number of anilines is 1. The van der Waals surface area contributed by atoms with Crippen molar-refractivity contribution in [3.8, 4) is 0 Å². The molecule has 0 bridgehead atoms. The zero-order valence-electron chi connectivity index (χ0n) is 22.3. The third-order valence-electron chi connectivity index (χ3n) is 6.08. The number of carbonyl (C=O) groups excluding carboxylic acids is 2. The molecule has 37 heavy (non-hydrogen) atoms. The summed E-state index contributed by atoms with van der Waals surface area (Å²) in [7, 11) is -3.55. The van der Waals surface area contributed by atoms with Crippen molar-refractivity contribution in [3.63, 3.8) is 0 Å². The van der Waals surface area contributed by atoms with Gasteiger partial charge in [-0.2, -0.15) is 0 Å². The molecule has 204 valence electrons. The van der Waals surface area contributed by atoms with Crippen LogP contribution in [0.5, 0.6) is 0 Å². The maximum atomic E-state index is 13.5. The van der Waals surface area contributed by atoms with Crippen LogP contribution in [0.4, 0.5) is 5.69 Å². The summed E-state index contributed by atoms with van der Waals surface area (Å²) >= 11 is 12.2. The minimum Gasteiger partial charge on any atom is -0.352 e. The standard InChI is InChI=1S/C27H37Cl2N3O4S/c1-7-25(27(34)30-18(2)3)31(17-21-11-13-23(28)24(29)16-21)26(33)9-8-14-32(37(6,35)36)22-12-10-19(4)20(5)15-22/h10-13,15-16,18,25H,7-9,14,17H2,1-6H3,(H,30,34)/t25-/m0/s1. The fraction of sp³-hybridized carbons (Fsp3) is 0.481. The van der Waals surface area contributed by atoms with E-state index in [1.807, 2.05) is 46.8 Å². The average molecular weight is 571 g/mol. The van der Waals surface area contributed by atoms with E-state index in [0.717, 1.165) is 22.9 Å². The zero-order valence-corrected chi connectivity index (χ0v) is 24.7. The van der Waals surface area contributed by atoms with E-state index in [2.05, 4.69) is 5.32 Å². The highest BCUT2D eigenvalue weighted by atomic mass is 35.5. The van der Waals surface area contributed by atoms with Crippen LogP contribution in [-0.4, -0.2) is 50.0 Å². The highest BCUT2D eigenvalue weighted by Gasteiger charge is 2.29. The molecule has 0 saturated heterocycles. The average Bonchev–Trinajstić information content (AvgIpc) is 2.79. The van der Waals surface area contributed by atoms with Crippen LogP contribution in [0.2, 0.25) is 10.0 Å². The molecule has 2 aromatic rings. The van der Waals surface area contributed by atoms with E-state index < -0.39 is 16.1 Å². The van der Waals surface area contributed by atoms with Gasteiger partial charge in [-0.1, -0.05) is 42.3 Å². The van der Waals surface area contributed by atoms with Gasteiger partial charge in [0.2, 0.25) is 21.8 Å². The van der Waals surface area contributed by atoms with Crippen molar-refractivity contribution in [1.82, 2.24) is 10.2 Å². The van der Waals surface area contributed by atoms with Gasteiger partial charge in [-0.3, -0.25) is 13.9 Å². The van der Waals surface area contributed by atoms with E-state index in [1.165, 1.54) is 9.21 Å². The smallest absolute Gasteiger partial charge is 0.243 e. The monoisotopic (exact) mass is 569 g/mol. The molecule has 7 nitrogen and oxygen atoms in total. The molecule has 0 aliphatic heterocycles. The first kappa shape index (κ1) is 30.9. The number of aryl methyl sites for hydroxylation is 2. The molecule has 2 aromatic carbocycles. The maximum absolute atomic E-state index is 13.5. The number of carbonyl (C=O) groups is 2. The number of hydrogen-bond acceptors (Lipinski definition) is 4. The second-order valence-corrected chi connectivity index (χ2v) is 12.3. The lowest BCUT2D eigenvalue weighted by Gasteiger charge is -2.31. The van der Waals surface area contributed by atoms with Gasteiger partial charge in [-0.15, -0.1) is 0 Å². The molecule has 0 aromatic heterocycles. The number of amides is 2. The highest BCUT2D eigenvalue weighted by molar-refractivity contribution is 7.92. The van der Waals surface area contributed by atoms with Crippen molar-refractivity contribution < 1.29 is 18.0 Å². The highest BCUT2D eigenvalue weighted by Crippen LogP contribution is 2.25. The zero-order chi connectivity index (χ0) is 27.9. The molecule has 1 N–H and O–H groups in total. The molecule has 0 unspecified atom stereocenters. The Kier molecular flexibility index (Phi) is 11.3. The lowest BCUT2D eigenvalue weighted by atomic mass is 10.1. The Morgan fingerprint density at radius 2 is 1.68 bits per heavy atom. The van der Waals surface area contributed by atoms with E-state index in [9.17, 15) is 18.0 Å². The molecule has 0 spiro atoms. The van der Waals surface area contributed by atoms with Gasteiger partial charge in [-0.25, -0.2) is 8.42 Å². The fourth-order valence-electron chi connectivity index (χ4n) is 4.02. The van der Waals surface area contributed by atoms with Crippen LogP contribution >= 0.6 is 23.2 Å². The summed E-state index contributed by atoms with van der Waals surface area (Å²) in [5.41, 5.74) is 3.35. The van der Waals surface area contributed by atoms with Gasteiger partial charge in [0.25, 0.3) is 0 Å². The lowest BCUT2D eigenvalue weighted by molar-refractivity contribution is -0.141. The number of rotatable bonds is 12. The molecule has 0 aliphatic rings. The fourth-order valence-corrected chi connectivity index (χ4v) is 5.30. The van der Waals surface area contributed by atoms with Crippen molar-refractivity contribution in [2.24, 2.45) is 0 Å². The first-order valence-corrected chi connectivity index (χ1v) is 14.9. The third-order valence-corrected chi connectivity index (χ3v) is 8.02. The van der Waals surface area contributed by atoms with Crippen molar-refractivity contribution in [3.05, 3.63) is 63.1 Å². The summed E-state index contributed by atoms with van der Waals surface area (Å²) in [6, 6.07) is 9.83. The van der Waals surface area contributed by atoms with Gasteiger partial charge >= 0.3 is 0 Å². The van der Waals surface area contributed by atoms with Gasteiger partial charge in [-0.05, 0) is 81.5 Å². The quantitative estimate of drug-likeness (QED) is 0.366. The van der Waals surface area contributed by atoms with E-state index in [0.29, 0.717) is 28.6 Å². The number of nitrogens with zero attached hydrogens (tertiary/aromatic N) is 2. The summed E-state index contributed by atoms with van der Waals surface area (Å²) in [5, 5.41) is 3.66. The van der Waals surface area contributed by atoms with Crippen LogP contribution in [0.3, 0.4) is 0 Å². The maximum Gasteiger partial charge on any atom is 0.243 e. The number of nitrogens with one attached hydrogen (secondary N) is 1. The largest absolute Gasteiger partial charge is 0.352 e. The van der Waals surface area contributed by atoms with Crippen LogP contribution in [-0.2, 0) is 26.2 Å². The molecule has 2 amide bonds. The number of benzene rings is 2. The lowest BCUT2D eigenvalue weighted by Crippen LogP contribution is -2.50. The molecule has 1 atom stereocenters. The summed E-state index contributed by atoms with van der Waals surface area (Å²) in [6.45, 7) is 9.78. The van der Waals surface area contributed by atoms with Gasteiger partial charge < -0.3 is 10.2 Å². The van der Waals surface area contributed by atoms with E-state index in [1.54, 1.807) is 24.3 Å². The molecule has 2 rings (SSSR count). The van der Waals surface area contributed by atoms with Crippen molar-refractivity contribution >= 4 is 50.7 Å². The van der Waals surface area contributed by atoms with E-state index >= 15 is 0 Å². The van der Waals surface area contributed by atoms with E-state index in [4.69, 9.17) is 23.2 Å².